The molecule has 2 aliphatic rings. The van der Waals surface area contributed by atoms with Gasteiger partial charge in [-0.3, -0.25) is 0 Å². The number of hydrogen-bond donors (Lipinski definition) is 0. The van der Waals surface area contributed by atoms with E-state index in [1.807, 2.05) is 12.2 Å². The van der Waals surface area contributed by atoms with Crippen molar-refractivity contribution in [2.24, 2.45) is 15.9 Å². The van der Waals surface area contributed by atoms with Gasteiger partial charge in [-0.15, -0.1) is 0 Å². The van der Waals surface area contributed by atoms with E-state index in [-0.39, 0.29) is 0 Å². The largest absolute Gasteiger partial charge is 0.241 e. The summed E-state index contributed by atoms with van der Waals surface area (Å²) in [5.74, 6) is 1.27. The Kier molecular flexibility index (Phi) is 0.859. The number of aliphatic imine (C=N–C) groups is 2. The average Bonchev–Trinajstić information content (AvgIpc) is 2.33. The van der Waals surface area contributed by atoms with Crippen LogP contribution in [0, 0.1) is 5.92 Å². The number of dihydropyridines is 1. The Morgan fingerprint density at radius 1 is 1.33 bits per heavy atom. The van der Waals surface area contributed by atoms with Crippen molar-refractivity contribution < 1.29 is 0 Å². The number of nitrogens with zero attached hydrogens (tertiary/aromatic N) is 2. The summed E-state index contributed by atoms with van der Waals surface area (Å²) in [6.45, 7) is 0. The standard InChI is InChI=1S/C7H6N2/c1-2-6-3-5-9-7(6)8-4-1/h1-6H. The third-order valence-electron chi connectivity index (χ3n) is 1.41. The van der Waals surface area contributed by atoms with Gasteiger partial charge in [0.1, 0.15) is 5.84 Å². The highest BCUT2D eigenvalue weighted by Gasteiger charge is 2.13. The fourth-order valence-corrected chi connectivity index (χ4v) is 0.943. The molecule has 0 N–H and O–H groups in total. The Balaban J connectivity index is 2.40. The molecule has 0 aromatic heterocycles. The van der Waals surface area contributed by atoms with Crippen molar-refractivity contribution in [3.8, 4) is 0 Å². The van der Waals surface area contributed by atoms with E-state index in [0.29, 0.717) is 5.92 Å². The minimum Gasteiger partial charge on any atom is -0.241 e. The molecule has 2 aliphatic heterocycles. The normalized spacial score (nSPS) is 28.4. The molecule has 0 fully saturated rings. The lowest BCUT2D eigenvalue weighted by Gasteiger charge is -2.03. The molecule has 0 saturated heterocycles. The Morgan fingerprint density at radius 3 is 3.22 bits per heavy atom. The zero-order valence-corrected chi connectivity index (χ0v) is 4.86. The first-order valence-electron chi connectivity index (χ1n) is 2.92. The predicted octanol–water partition coefficient (Wildman–Crippen LogP) is 1.17. The van der Waals surface area contributed by atoms with Crippen molar-refractivity contribution in [2.75, 3.05) is 0 Å². The maximum absolute atomic E-state index is 4.07. The van der Waals surface area contributed by atoms with E-state index < -0.39 is 0 Å². The molecule has 0 bridgehead atoms. The van der Waals surface area contributed by atoms with Crippen molar-refractivity contribution in [1.82, 2.24) is 0 Å². The maximum Gasteiger partial charge on any atom is 0.138 e. The summed E-state index contributed by atoms with van der Waals surface area (Å²) in [6.07, 6.45) is 9.62. The Hall–Kier alpha value is -1.18. The first kappa shape index (κ1) is 4.68. The van der Waals surface area contributed by atoms with Gasteiger partial charge in [0, 0.05) is 12.4 Å². The summed E-state index contributed by atoms with van der Waals surface area (Å²) in [5, 5.41) is 0. The molecular formula is C7H6N2. The number of allylic oxidation sites excluding steroid dienone is 1. The summed E-state index contributed by atoms with van der Waals surface area (Å²) in [6, 6.07) is 0. The topological polar surface area (TPSA) is 24.7 Å². The number of fused-ring (bicyclic) bond motifs is 1. The van der Waals surface area contributed by atoms with Crippen molar-refractivity contribution in [2.45, 2.75) is 0 Å². The van der Waals surface area contributed by atoms with Crippen LogP contribution in [0.5, 0.6) is 0 Å². The molecule has 9 heavy (non-hydrogen) atoms. The van der Waals surface area contributed by atoms with Crippen molar-refractivity contribution >= 4 is 12.1 Å². The molecule has 0 aromatic carbocycles. The van der Waals surface area contributed by atoms with Gasteiger partial charge in [-0.2, -0.15) is 0 Å². The van der Waals surface area contributed by atoms with E-state index in [4.69, 9.17) is 0 Å². The van der Waals surface area contributed by atoms with Crippen LogP contribution < -0.4 is 0 Å². The second kappa shape index (κ2) is 1.65. The monoisotopic (exact) mass is 118 g/mol. The SMILES string of the molecule is C1=CC2C=CN=C2N=C1. The van der Waals surface area contributed by atoms with Gasteiger partial charge in [-0.1, -0.05) is 12.2 Å². The van der Waals surface area contributed by atoms with Gasteiger partial charge in [0.15, 0.2) is 0 Å². The molecule has 0 aromatic rings. The summed E-state index contributed by atoms with van der Waals surface area (Å²) in [4.78, 5) is 8.11. The van der Waals surface area contributed by atoms with Crippen molar-refractivity contribution in [3.05, 3.63) is 24.4 Å². The zero-order valence-electron chi connectivity index (χ0n) is 4.86. The molecule has 0 spiro atoms. The Labute approximate surface area is 53.3 Å². The van der Waals surface area contributed by atoms with E-state index in [1.54, 1.807) is 12.4 Å². The minimum absolute atomic E-state index is 0.356. The second-order valence-corrected chi connectivity index (χ2v) is 2.02. The van der Waals surface area contributed by atoms with E-state index >= 15 is 0 Å². The van der Waals surface area contributed by atoms with Gasteiger partial charge < -0.3 is 0 Å². The van der Waals surface area contributed by atoms with Crippen LogP contribution in [0.2, 0.25) is 0 Å². The molecule has 0 aliphatic carbocycles. The number of amidine groups is 1. The molecule has 2 rings (SSSR count). The zero-order chi connectivity index (χ0) is 6.10. The molecule has 2 heteroatoms. The first-order valence-corrected chi connectivity index (χ1v) is 2.92. The minimum atomic E-state index is 0.356. The van der Waals surface area contributed by atoms with Crippen LogP contribution in [0.15, 0.2) is 34.4 Å². The molecule has 1 unspecified atom stereocenters. The van der Waals surface area contributed by atoms with Crippen LogP contribution in [0.25, 0.3) is 0 Å². The Morgan fingerprint density at radius 2 is 2.33 bits per heavy atom. The fourth-order valence-electron chi connectivity index (χ4n) is 0.943. The lowest BCUT2D eigenvalue weighted by molar-refractivity contribution is 1.14. The van der Waals surface area contributed by atoms with E-state index in [9.17, 15) is 0 Å². The summed E-state index contributed by atoms with van der Waals surface area (Å²) in [7, 11) is 0. The number of hydrogen-bond acceptors (Lipinski definition) is 2. The maximum atomic E-state index is 4.07. The average molecular weight is 118 g/mol. The predicted molar refractivity (Wildman–Crippen MR) is 37.7 cm³/mol. The van der Waals surface area contributed by atoms with E-state index in [1.165, 1.54) is 0 Å². The molecule has 2 nitrogen and oxygen atoms in total. The second-order valence-electron chi connectivity index (χ2n) is 2.02. The lowest BCUT2D eigenvalue weighted by Crippen LogP contribution is -2.06. The molecule has 1 atom stereocenters. The van der Waals surface area contributed by atoms with E-state index in [2.05, 4.69) is 16.1 Å². The van der Waals surface area contributed by atoms with Gasteiger partial charge >= 0.3 is 0 Å². The smallest absolute Gasteiger partial charge is 0.138 e. The molecule has 2 heterocycles. The van der Waals surface area contributed by atoms with Gasteiger partial charge in [0.05, 0.1) is 5.92 Å². The van der Waals surface area contributed by atoms with E-state index in [0.717, 1.165) is 5.84 Å². The van der Waals surface area contributed by atoms with Crippen LogP contribution in [-0.4, -0.2) is 12.1 Å². The molecule has 0 amide bonds. The quantitative estimate of drug-likeness (QED) is 0.456. The first-order chi connectivity index (χ1) is 4.47. The fraction of sp³-hybridized carbons (Fsp3) is 0.143. The highest BCUT2D eigenvalue weighted by Crippen LogP contribution is 2.14. The van der Waals surface area contributed by atoms with Crippen molar-refractivity contribution in [3.63, 3.8) is 0 Å². The van der Waals surface area contributed by atoms with Crippen LogP contribution >= 0.6 is 0 Å². The lowest BCUT2D eigenvalue weighted by atomic mass is 10.1. The van der Waals surface area contributed by atoms with Crippen LogP contribution in [-0.2, 0) is 0 Å². The molecule has 0 saturated carbocycles. The molecule has 0 radical (unpaired) electrons. The molecular weight excluding hydrogens is 112 g/mol. The van der Waals surface area contributed by atoms with Crippen LogP contribution in [0.4, 0.5) is 0 Å². The van der Waals surface area contributed by atoms with Crippen LogP contribution in [0.3, 0.4) is 0 Å². The number of rotatable bonds is 0. The molecule has 44 valence electrons. The third kappa shape index (κ3) is 0.633. The van der Waals surface area contributed by atoms with Gasteiger partial charge in [-0.25, -0.2) is 9.98 Å². The third-order valence-corrected chi connectivity index (χ3v) is 1.41. The van der Waals surface area contributed by atoms with Gasteiger partial charge in [-0.05, 0) is 6.08 Å². The summed E-state index contributed by atoms with van der Waals surface area (Å²) >= 11 is 0. The highest BCUT2D eigenvalue weighted by atomic mass is 14.9. The van der Waals surface area contributed by atoms with Gasteiger partial charge in [0.2, 0.25) is 0 Å². The van der Waals surface area contributed by atoms with Gasteiger partial charge in [0.25, 0.3) is 0 Å². The summed E-state index contributed by atoms with van der Waals surface area (Å²) in [5.41, 5.74) is 0. The van der Waals surface area contributed by atoms with Crippen LogP contribution in [0.1, 0.15) is 0 Å². The highest BCUT2D eigenvalue weighted by molar-refractivity contribution is 6.00. The van der Waals surface area contributed by atoms with Crippen molar-refractivity contribution in [1.29, 1.82) is 0 Å². The summed E-state index contributed by atoms with van der Waals surface area (Å²) < 4.78 is 0. The Bertz CT molecular complexity index is 233.